The van der Waals surface area contributed by atoms with E-state index < -0.39 is 0 Å². The van der Waals surface area contributed by atoms with Gasteiger partial charge in [-0.05, 0) is 36.1 Å². The first-order valence-corrected chi connectivity index (χ1v) is 9.60. The third-order valence-electron chi connectivity index (χ3n) is 4.65. The zero-order valence-corrected chi connectivity index (χ0v) is 16.9. The van der Waals surface area contributed by atoms with E-state index in [1.807, 2.05) is 73.3 Å². The molecule has 0 unspecified atom stereocenters. The second kappa shape index (κ2) is 9.55. The number of nitrogens with two attached hydrogens (primary N) is 2. The molecular formula is C24H27N5. The van der Waals surface area contributed by atoms with Crippen LogP contribution in [0.2, 0.25) is 0 Å². The van der Waals surface area contributed by atoms with Crippen molar-refractivity contribution in [3.63, 3.8) is 0 Å². The molecule has 0 aliphatic heterocycles. The molecule has 148 valence electrons. The highest BCUT2D eigenvalue weighted by Gasteiger charge is 2.11. The van der Waals surface area contributed by atoms with Crippen LogP contribution in [-0.4, -0.2) is 16.8 Å². The summed E-state index contributed by atoms with van der Waals surface area (Å²) in [6.45, 7) is 5.26. The van der Waals surface area contributed by atoms with Crippen molar-refractivity contribution in [1.29, 1.82) is 0 Å². The number of guanidine groups is 2. The zero-order chi connectivity index (χ0) is 20.6. The molecule has 0 saturated heterocycles. The Labute approximate surface area is 172 Å². The summed E-state index contributed by atoms with van der Waals surface area (Å²) < 4.78 is 0. The minimum absolute atomic E-state index is 0.144. The lowest BCUT2D eigenvalue weighted by atomic mass is 10.1. The summed E-state index contributed by atoms with van der Waals surface area (Å²) in [5.41, 5.74) is 17.7. The number of rotatable bonds is 5. The molecule has 0 aromatic heterocycles. The predicted octanol–water partition coefficient (Wildman–Crippen LogP) is 4.27. The lowest BCUT2D eigenvalue weighted by Crippen LogP contribution is -2.37. The lowest BCUT2D eigenvalue weighted by molar-refractivity contribution is 0.402. The summed E-state index contributed by atoms with van der Waals surface area (Å²) in [5.74, 6) is 0.483. The maximum Gasteiger partial charge on any atom is 0.223 e. The summed E-state index contributed by atoms with van der Waals surface area (Å²) in [7, 11) is 0. The molecule has 0 amide bonds. The Morgan fingerprint density at radius 1 is 0.724 bits per heavy atom. The van der Waals surface area contributed by atoms with Crippen molar-refractivity contribution in [3.05, 3.63) is 101 Å². The number of hydrogen-bond donors (Lipinski definition) is 2. The number of aryl methyl sites for hydroxylation is 2. The first-order valence-electron chi connectivity index (χ1n) is 9.60. The van der Waals surface area contributed by atoms with E-state index in [4.69, 9.17) is 11.5 Å². The Hall–Kier alpha value is -3.60. The second-order valence-electron chi connectivity index (χ2n) is 7.01. The van der Waals surface area contributed by atoms with Crippen molar-refractivity contribution in [2.24, 2.45) is 21.5 Å². The van der Waals surface area contributed by atoms with E-state index in [-0.39, 0.29) is 5.96 Å². The van der Waals surface area contributed by atoms with Crippen LogP contribution in [0.4, 0.5) is 5.69 Å². The fourth-order valence-electron chi connectivity index (χ4n) is 3.14. The van der Waals surface area contributed by atoms with Crippen molar-refractivity contribution in [2.75, 3.05) is 0 Å². The Bertz CT molecular complexity index is 933. The van der Waals surface area contributed by atoms with Crippen LogP contribution in [0.5, 0.6) is 0 Å². The van der Waals surface area contributed by atoms with Crippen molar-refractivity contribution in [2.45, 2.75) is 26.9 Å². The van der Waals surface area contributed by atoms with Crippen molar-refractivity contribution >= 4 is 17.6 Å². The second-order valence-corrected chi connectivity index (χ2v) is 7.01. The molecule has 29 heavy (non-hydrogen) atoms. The summed E-state index contributed by atoms with van der Waals surface area (Å²) in [6, 6.07) is 26.3. The van der Waals surface area contributed by atoms with Gasteiger partial charge in [0.1, 0.15) is 0 Å². The number of hydrogen-bond acceptors (Lipinski definition) is 1. The topological polar surface area (TPSA) is 80.0 Å². The van der Waals surface area contributed by atoms with Gasteiger partial charge in [0.25, 0.3) is 0 Å². The fourth-order valence-corrected chi connectivity index (χ4v) is 3.14. The molecule has 0 atom stereocenters. The Kier molecular flexibility index (Phi) is 6.63. The molecule has 3 aromatic rings. The van der Waals surface area contributed by atoms with Gasteiger partial charge in [-0.1, -0.05) is 78.9 Å². The van der Waals surface area contributed by atoms with E-state index in [1.165, 1.54) is 0 Å². The maximum absolute atomic E-state index is 6.36. The van der Waals surface area contributed by atoms with Gasteiger partial charge in [0, 0.05) is 13.1 Å². The summed E-state index contributed by atoms with van der Waals surface area (Å²) >= 11 is 0. The molecule has 0 aliphatic carbocycles. The molecule has 4 N–H and O–H groups in total. The van der Waals surface area contributed by atoms with Gasteiger partial charge in [-0.2, -0.15) is 4.99 Å². The molecule has 3 rings (SSSR count). The average Bonchev–Trinajstić information content (AvgIpc) is 2.72. The van der Waals surface area contributed by atoms with E-state index >= 15 is 0 Å². The normalized spacial score (nSPS) is 12.1. The minimum atomic E-state index is 0.144. The number of aliphatic imine (C=N–C) groups is 2. The number of nitrogens with zero attached hydrogens (tertiary/aromatic N) is 3. The van der Waals surface area contributed by atoms with Crippen LogP contribution in [-0.2, 0) is 13.1 Å². The lowest BCUT2D eigenvalue weighted by Gasteiger charge is -2.24. The van der Waals surface area contributed by atoms with Gasteiger partial charge in [-0.25, -0.2) is 4.99 Å². The monoisotopic (exact) mass is 385 g/mol. The quantitative estimate of drug-likeness (QED) is 0.508. The Balaban J connectivity index is 1.88. The first-order chi connectivity index (χ1) is 14.0. The highest BCUT2D eigenvalue weighted by molar-refractivity contribution is 5.94. The molecule has 5 heteroatoms. The molecule has 0 aliphatic rings. The van der Waals surface area contributed by atoms with Crippen LogP contribution in [0, 0.1) is 13.8 Å². The fraction of sp³-hybridized carbons (Fsp3) is 0.167. The average molecular weight is 386 g/mol. The van der Waals surface area contributed by atoms with Crippen LogP contribution < -0.4 is 11.5 Å². The van der Waals surface area contributed by atoms with Gasteiger partial charge in [-0.15, -0.1) is 0 Å². The summed E-state index contributed by atoms with van der Waals surface area (Å²) in [6.07, 6.45) is 0. The van der Waals surface area contributed by atoms with Crippen LogP contribution in [0.3, 0.4) is 0 Å². The van der Waals surface area contributed by atoms with E-state index in [1.54, 1.807) is 0 Å². The van der Waals surface area contributed by atoms with Gasteiger partial charge < -0.3 is 16.4 Å². The third-order valence-corrected chi connectivity index (χ3v) is 4.65. The third kappa shape index (κ3) is 5.69. The van der Waals surface area contributed by atoms with E-state index in [9.17, 15) is 0 Å². The largest absolute Gasteiger partial charge is 0.369 e. The molecule has 0 radical (unpaired) electrons. The molecule has 3 aromatic carbocycles. The SMILES string of the molecule is Cc1cccc(C)c1N=C(N)N=C(N)N(Cc1ccccc1)Cc1ccccc1. The summed E-state index contributed by atoms with van der Waals surface area (Å²) in [4.78, 5) is 10.9. The molecule has 5 nitrogen and oxygen atoms in total. The van der Waals surface area contributed by atoms with Gasteiger partial charge in [0.05, 0.1) is 5.69 Å². The number of benzene rings is 3. The van der Waals surface area contributed by atoms with Crippen LogP contribution in [0.25, 0.3) is 0 Å². The van der Waals surface area contributed by atoms with Crippen molar-refractivity contribution < 1.29 is 0 Å². The highest BCUT2D eigenvalue weighted by atomic mass is 15.3. The highest BCUT2D eigenvalue weighted by Crippen LogP contribution is 2.22. The van der Waals surface area contributed by atoms with Gasteiger partial charge >= 0.3 is 0 Å². The molecule has 0 heterocycles. The van der Waals surface area contributed by atoms with Crippen LogP contribution in [0.1, 0.15) is 22.3 Å². The number of para-hydroxylation sites is 1. The minimum Gasteiger partial charge on any atom is -0.369 e. The standard InChI is InChI=1S/C24H27N5/c1-18-10-9-11-19(2)22(18)27-23(25)28-24(26)29(16-20-12-5-3-6-13-20)17-21-14-7-4-8-15-21/h3-15H,16-17H2,1-2H3,(H4,25,26,27,28). The smallest absolute Gasteiger partial charge is 0.223 e. The van der Waals surface area contributed by atoms with Crippen molar-refractivity contribution in [1.82, 2.24) is 4.90 Å². The van der Waals surface area contributed by atoms with E-state index in [2.05, 4.69) is 34.3 Å². The molecule has 0 fully saturated rings. The molecule has 0 spiro atoms. The molecular weight excluding hydrogens is 358 g/mol. The molecule has 0 bridgehead atoms. The van der Waals surface area contributed by atoms with Gasteiger partial charge in [-0.3, -0.25) is 0 Å². The first kappa shape index (κ1) is 20.1. The van der Waals surface area contributed by atoms with E-state index in [0.29, 0.717) is 19.0 Å². The van der Waals surface area contributed by atoms with Crippen LogP contribution in [0.15, 0.2) is 88.8 Å². The Morgan fingerprint density at radius 2 is 1.21 bits per heavy atom. The van der Waals surface area contributed by atoms with Crippen molar-refractivity contribution in [3.8, 4) is 0 Å². The van der Waals surface area contributed by atoms with Crippen LogP contribution >= 0.6 is 0 Å². The predicted molar refractivity (Wildman–Crippen MR) is 121 cm³/mol. The zero-order valence-electron chi connectivity index (χ0n) is 16.9. The summed E-state index contributed by atoms with van der Waals surface area (Å²) in [5, 5.41) is 0. The van der Waals surface area contributed by atoms with E-state index in [0.717, 1.165) is 27.9 Å². The maximum atomic E-state index is 6.36. The van der Waals surface area contributed by atoms with Gasteiger partial charge in [0.2, 0.25) is 5.96 Å². The Morgan fingerprint density at radius 3 is 1.69 bits per heavy atom. The molecule has 0 saturated carbocycles. The van der Waals surface area contributed by atoms with Gasteiger partial charge in [0.15, 0.2) is 5.96 Å².